The maximum absolute atomic E-state index is 10.1. The number of ether oxygens (including phenoxy) is 1. The lowest BCUT2D eigenvalue weighted by Crippen LogP contribution is -2.18. The van der Waals surface area contributed by atoms with Crippen LogP contribution in [0.3, 0.4) is 0 Å². The van der Waals surface area contributed by atoms with Gasteiger partial charge in [-0.05, 0) is 6.92 Å². The molecule has 1 heterocycles. The molecule has 0 radical (unpaired) electrons. The number of nitrogens with two attached hydrogens (primary N) is 1. The number of hydrogen-bond donors (Lipinski definition) is 1. The average molecular weight is 101 g/mol. The highest BCUT2D eigenvalue weighted by molar-refractivity contribution is 5.81. The van der Waals surface area contributed by atoms with Crippen LogP contribution in [0.15, 0.2) is 0 Å². The van der Waals surface area contributed by atoms with E-state index in [1.165, 1.54) is 0 Å². The summed E-state index contributed by atoms with van der Waals surface area (Å²) in [6.07, 6.45) is -0.225. The van der Waals surface area contributed by atoms with Crippen LogP contribution in [0.4, 0.5) is 0 Å². The Bertz CT molecular complexity index is 102. The quantitative estimate of drug-likeness (QED) is 0.442. The largest absolute Gasteiger partial charge is 0.367 e. The van der Waals surface area contributed by atoms with Crippen molar-refractivity contribution in [2.24, 2.45) is 5.73 Å². The van der Waals surface area contributed by atoms with E-state index in [1.807, 2.05) is 6.92 Å². The molecule has 3 heteroatoms. The molecule has 0 aromatic carbocycles. The van der Waals surface area contributed by atoms with Crippen LogP contribution < -0.4 is 5.73 Å². The van der Waals surface area contributed by atoms with Crippen LogP contribution in [0.1, 0.15) is 6.92 Å². The Hall–Kier alpha value is -0.570. The van der Waals surface area contributed by atoms with Gasteiger partial charge in [0, 0.05) is 0 Å². The molecule has 1 fully saturated rings. The Morgan fingerprint density at radius 3 is 2.29 bits per heavy atom. The number of epoxide rings is 1. The first-order valence-electron chi connectivity index (χ1n) is 2.16. The number of rotatable bonds is 1. The molecule has 1 saturated heterocycles. The van der Waals surface area contributed by atoms with Gasteiger partial charge in [0.05, 0.1) is 6.10 Å². The molecule has 2 atom stereocenters. The first-order valence-corrected chi connectivity index (χ1v) is 2.16. The topological polar surface area (TPSA) is 55.6 Å². The van der Waals surface area contributed by atoms with E-state index in [9.17, 15) is 4.79 Å². The molecular formula is C4H7NO2. The van der Waals surface area contributed by atoms with Crippen LogP contribution in [0.25, 0.3) is 0 Å². The van der Waals surface area contributed by atoms with E-state index in [2.05, 4.69) is 0 Å². The lowest BCUT2D eigenvalue weighted by Gasteiger charge is -1.76. The summed E-state index contributed by atoms with van der Waals surface area (Å²) >= 11 is 0. The minimum absolute atomic E-state index is 0.0671. The molecule has 2 N–H and O–H groups in total. The number of carbonyl (C=O) groups is 1. The van der Waals surface area contributed by atoms with Crippen LogP contribution in [0.2, 0.25) is 0 Å². The molecule has 0 spiro atoms. The van der Waals surface area contributed by atoms with Crippen LogP contribution in [0.5, 0.6) is 0 Å². The van der Waals surface area contributed by atoms with Gasteiger partial charge < -0.3 is 10.5 Å². The van der Waals surface area contributed by atoms with Gasteiger partial charge in [0.25, 0.3) is 0 Å². The molecule has 0 aliphatic carbocycles. The summed E-state index contributed by atoms with van der Waals surface area (Å²) in [5, 5.41) is 0. The maximum atomic E-state index is 10.1. The first kappa shape index (κ1) is 4.59. The van der Waals surface area contributed by atoms with E-state index in [-0.39, 0.29) is 18.1 Å². The second-order valence-electron chi connectivity index (χ2n) is 1.66. The third-order valence-electron chi connectivity index (χ3n) is 0.991. The van der Waals surface area contributed by atoms with Gasteiger partial charge in [-0.1, -0.05) is 0 Å². The van der Waals surface area contributed by atoms with E-state index in [0.29, 0.717) is 0 Å². The highest BCUT2D eigenvalue weighted by Gasteiger charge is 2.39. The first-order chi connectivity index (χ1) is 3.22. The number of carbonyl (C=O) groups excluding carboxylic acids is 1. The van der Waals surface area contributed by atoms with Crippen molar-refractivity contribution < 1.29 is 9.53 Å². The molecular weight excluding hydrogens is 94.0 g/mol. The molecule has 0 aromatic heterocycles. The maximum Gasteiger partial charge on any atom is 0.249 e. The number of hydrogen-bond acceptors (Lipinski definition) is 2. The Morgan fingerprint density at radius 1 is 1.86 bits per heavy atom. The zero-order valence-corrected chi connectivity index (χ0v) is 4.05. The predicted octanol–water partition coefficient (Wildman–Crippen LogP) is -0.741. The summed E-state index contributed by atoms with van der Waals surface area (Å²) < 4.78 is 4.70. The fraction of sp³-hybridized carbons (Fsp3) is 0.750. The number of primary amides is 1. The standard InChI is InChI=1S/C4H7NO2/c1-2-3(7-2)4(5)6/h2-3H,1H3,(H2,5,6)/t2-,3-/m0/s1. The third kappa shape index (κ3) is 0.718. The number of amides is 1. The molecule has 1 aliphatic heterocycles. The molecule has 1 aliphatic rings. The van der Waals surface area contributed by atoms with Crippen LogP contribution in [0, 0.1) is 0 Å². The van der Waals surface area contributed by atoms with Crippen molar-refractivity contribution in [1.82, 2.24) is 0 Å². The molecule has 0 aromatic rings. The fourth-order valence-corrected chi connectivity index (χ4v) is 0.484. The Balaban J connectivity index is 2.33. The van der Waals surface area contributed by atoms with Crippen molar-refractivity contribution >= 4 is 5.91 Å². The summed E-state index contributed by atoms with van der Waals surface area (Å²) in [7, 11) is 0. The molecule has 7 heavy (non-hydrogen) atoms. The second kappa shape index (κ2) is 1.20. The normalized spacial score (nSPS) is 37.9. The lowest BCUT2D eigenvalue weighted by molar-refractivity contribution is -0.119. The second-order valence-corrected chi connectivity index (χ2v) is 1.66. The van der Waals surface area contributed by atoms with Crippen LogP contribution in [-0.2, 0) is 9.53 Å². The van der Waals surface area contributed by atoms with Crippen molar-refractivity contribution in [2.45, 2.75) is 19.1 Å². The average Bonchev–Trinajstić information content (AvgIpc) is 2.17. The highest BCUT2D eigenvalue weighted by atomic mass is 16.6. The van der Waals surface area contributed by atoms with Crippen molar-refractivity contribution in [3.63, 3.8) is 0 Å². The Labute approximate surface area is 41.4 Å². The van der Waals surface area contributed by atoms with E-state index in [1.54, 1.807) is 0 Å². The van der Waals surface area contributed by atoms with E-state index >= 15 is 0 Å². The van der Waals surface area contributed by atoms with Crippen molar-refractivity contribution in [2.75, 3.05) is 0 Å². The lowest BCUT2D eigenvalue weighted by atomic mass is 10.3. The SMILES string of the molecule is C[C@@H]1O[C@@H]1C(N)=O. The van der Waals surface area contributed by atoms with Gasteiger partial charge in [-0.3, -0.25) is 4.79 Å². The minimum atomic E-state index is -0.354. The Morgan fingerprint density at radius 2 is 2.29 bits per heavy atom. The van der Waals surface area contributed by atoms with E-state index in [0.717, 1.165) is 0 Å². The van der Waals surface area contributed by atoms with Gasteiger partial charge in [0.15, 0.2) is 6.10 Å². The van der Waals surface area contributed by atoms with Crippen molar-refractivity contribution in [3.05, 3.63) is 0 Å². The van der Waals surface area contributed by atoms with Gasteiger partial charge >= 0.3 is 0 Å². The summed E-state index contributed by atoms with van der Waals surface area (Å²) in [6, 6.07) is 0. The predicted molar refractivity (Wildman–Crippen MR) is 23.5 cm³/mol. The smallest absolute Gasteiger partial charge is 0.249 e. The van der Waals surface area contributed by atoms with Crippen LogP contribution in [-0.4, -0.2) is 18.1 Å². The molecule has 1 rings (SSSR count). The van der Waals surface area contributed by atoms with Crippen LogP contribution >= 0.6 is 0 Å². The van der Waals surface area contributed by atoms with Crippen molar-refractivity contribution in [3.8, 4) is 0 Å². The Kier molecular flexibility index (Phi) is 0.785. The van der Waals surface area contributed by atoms with E-state index in [4.69, 9.17) is 10.5 Å². The minimum Gasteiger partial charge on any atom is -0.367 e. The van der Waals surface area contributed by atoms with Gasteiger partial charge in [-0.15, -0.1) is 0 Å². The molecule has 0 bridgehead atoms. The van der Waals surface area contributed by atoms with Crippen molar-refractivity contribution in [1.29, 1.82) is 0 Å². The highest BCUT2D eigenvalue weighted by Crippen LogP contribution is 2.19. The molecule has 0 saturated carbocycles. The zero-order chi connectivity index (χ0) is 5.44. The molecule has 40 valence electrons. The zero-order valence-electron chi connectivity index (χ0n) is 4.05. The fourth-order valence-electron chi connectivity index (χ4n) is 0.484. The van der Waals surface area contributed by atoms with Gasteiger partial charge in [0.1, 0.15) is 0 Å². The molecule has 3 nitrogen and oxygen atoms in total. The van der Waals surface area contributed by atoms with Gasteiger partial charge in [-0.2, -0.15) is 0 Å². The summed E-state index contributed by atoms with van der Waals surface area (Å²) in [5.74, 6) is -0.354. The summed E-state index contributed by atoms with van der Waals surface area (Å²) in [5.41, 5.74) is 4.82. The van der Waals surface area contributed by atoms with E-state index < -0.39 is 0 Å². The molecule has 1 amide bonds. The monoisotopic (exact) mass is 101 g/mol. The van der Waals surface area contributed by atoms with Gasteiger partial charge in [0.2, 0.25) is 5.91 Å². The summed E-state index contributed by atoms with van der Waals surface area (Å²) in [4.78, 5) is 10.1. The summed E-state index contributed by atoms with van der Waals surface area (Å²) in [6.45, 7) is 1.81. The molecule has 0 unspecified atom stereocenters. The van der Waals surface area contributed by atoms with Gasteiger partial charge in [-0.25, -0.2) is 0 Å². The third-order valence-corrected chi connectivity index (χ3v) is 0.991.